The van der Waals surface area contributed by atoms with E-state index in [1.54, 1.807) is 0 Å². The SMILES string of the molecule is Cc1nc2ccccc2n1C1CC2CCC(C1)N2CCC1(c2ccccc2)CCN(C(=O)NC(C)(C)C)CC1. The first-order valence-electron chi connectivity index (χ1n) is 15.0. The Morgan fingerprint density at radius 2 is 1.59 bits per heavy atom. The number of aromatic nitrogens is 2. The van der Waals surface area contributed by atoms with Crippen LogP contribution in [0.2, 0.25) is 0 Å². The molecule has 0 aliphatic carbocycles. The number of fused-ring (bicyclic) bond motifs is 3. The second-order valence-corrected chi connectivity index (χ2v) is 13.3. The molecule has 1 aromatic heterocycles. The molecule has 4 heterocycles. The molecule has 1 N–H and O–H groups in total. The van der Waals surface area contributed by atoms with Crippen LogP contribution in [0.25, 0.3) is 11.0 Å². The molecule has 3 fully saturated rings. The minimum Gasteiger partial charge on any atom is -0.333 e. The number of nitrogens with zero attached hydrogens (tertiary/aromatic N) is 4. The van der Waals surface area contributed by atoms with Gasteiger partial charge in [0.05, 0.1) is 11.0 Å². The summed E-state index contributed by atoms with van der Waals surface area (Å²) in [5.41, 5.74) is 3.78. The van der Waals surface area contributed by atoms with Crippen molar-refractivity contribution in [1.29, 1.82) is 0 Å². The molecule has 6 heteroatoms. The highest BCUT2D eigenvalue weighted by Gasteiger charge is 2.44. The molecule has 0 radical (unpaired) electrons. The average molecular weight is 528 g/mol. The second-order valence-electron chi connectivity index (χ2n) is 13.3. The first kappa shape index (κ1) is 26.4. The number of para-hydroxylation sites is 2. The molecule has 3 aromatic rings. The maximum atomic E-state index is 12.9. The number of nitrogens with one attached hydrogen (secondary N) is 1. The lowest BCUT2D eigenvalue weighted by Gasteiger charge is -2.46. The Hall–Kier alpha value is -2.86. The molecular formula is C33H45N5O. The number of rotatable bonds is 5. The number of imidazole rings is 1. The normalized spacial score (nSPS) is 25.2. The fraction of sp³-hybridized carbons (Fsp3) is 0.576. The third-order valence-electron chi connectivity index (χ3n) is 9.72. The van der Waals surface area contributed by atoms with Gasteiger partial charge in [-0.25, -0.2) is 9.78 Å². The Labute approximate surface area is 233 Å². The van der Waals surface area contributed by atoms with Crippen LogP contribution in [0, 0.1) is 6.92 Å². The molecule has 2 unspecified atom stereocenters. The smallest absolute Gasteiger partial charge is 0.317 e. The number of carbonyl (C=O) groups excluding carboxylic acids is 1. The van der Waals surface area contributed by atoms with Crippen LogP contribution in [0.4, 0.5) is 4.79 Å². The standard InChI is InChI=1S/C33H45N5O/c1-24-34-29-12-8-9-13-30(29)38(24)28-22-26-14-15-27(23-28)37(26)21-18-33(25-10-6-5-7-11-25)16-19-36(20-17-33)31(39)35-32(2,3)4/h5-13,26-28H,14-23H2,1-4H3,(H,35,39). The molecule has 3 aliphatic rings. The summed E-state index contributed by atoms with van der Waals surface area (Å²) in [6.07, 6.45) is 8.28. The summed E-state index contributed by atoms with van der Waals surface area (Å²) in [5, 5.41) is 3.16. The van der Waals surface area contributed by atoms with E-state index in [9.17, 15) is 4.79 Å². The predicted molar refractivity (Wildman–Crippen MR) is 158 cm³/mol. The lowest BCUT2D eigenvalue weighted by Crippen LogP contribution is -2.53. The maximum absolute atomic E-state index is 12.9. The number of likely N-dealkylation sites (tertiary alicyclic amines) is 1. The van der Waals surface area contributed by atoms with Crippen LogP contribution < -0.4 is 5.32 Å². The lowest BCUT2D eigenvalue weighted by atomic mass is 9.70. The van der Waals surface area contributed by atoms with Crippen molar-refractivity contribution in [2.24, 2.45) is 0 Å². The van der Waals surface area contributed by atoms with Crippen molar-refractivity contribution in [3.8, 4) is 0 Å². The van der Waals surface area contributed by atoms with Crippen LogP contribution in [0.1, 0.15) is 83.1 Å². The van der Waals surface area contributed by atoms with Gasteiger partial charge in [-0.3, -0.25) is 4.90 Å². The van der Waals surface area contributed by atoms with E-state index in [4.69, 9.17) is 4.98 Å². The Balaban J connectivity index is 1.16. The van der Waals surface area contributed by atoms with Gasteiger partial charge in [0, 0.05) is 36.8 Å². The van der Waals surface area contributed by atoms with E-state index in [0.717, 1.165) is 50.2 Å². The highest BCUT2D eigenvalue weighted by molar-refractivity contribution is 5.76. The zero-order chi connectivity index (χ0) is 27.2. The zero-order valence-electron chi connectivity index (χ0n) is 24.2. The minimum absolute atomic E-state index is 0.0756. The van der Waals surface area contributed by atoms with Gasteiger partial charge in [-0.15, -0.1) is 0 Å². The van der Waals surface area contributed by atoms with Crippen LogP contribution in [0.5, 0.6) is 0 Å². The number of benzene rings is 2. The number of hydrogen-bond donors (Lipinski definition) is 1. The highest BCUT2D eigenvalue weighted by atomic mass is 16.2. The topological polar surface area (TPSA) is 53.4 Å². The van der Waals surface area contributed by atoms with Gasteiger partial charge in [0.15, 0.2) is 0 Å². The first-order chi connectivity index (χ1) is 18.7. The molecule has 0 spiro atoms. The van der Waals surface area contributed by atoms with Crippen molar-refractivity contribution in [3.05, 3.63) is 66.0 Å². The van der Waals surface area contributed by atoms with Crippen LogP contribution in [-0.4, -0.2) is 62.6 Å². The van der Waals surface area contributed by atoms with Gasteiger partial charge < -0.3 is 14.8 Å². The summed E-state index contributed by atoms with van der Waals surface area (Å²) in [6.45, 7) is 11.1. The molecule has 2 atom stereocenters. The van der Waals surface area contributed by atoms with Crippen molar-refractivity contribution in [2.45, 2.75) is 102 Å². The molecular weight excluding hydrogens is 482 g/mol. The van der Waals surface area contributed by atoms with E-state index >= 15 is 0 Å². The monoisotopic (exact) mass is 527 g/mol. The molecule has 2 amide bonds. The molecule has 208 valence electrons. The minimum atomic E-state index is -0.210. The molecule has 6 rings (SSSR count). The lowest BCUT2D eigenvalue weighted by molar-refractivity contribution is 0.0854. The maximum Gasteiger partial charge on any atom is 0.317 e. The molecule has 3 aliphatic heterocycles. The summed E-state index contributed by atoms with van der Waals surface area (Å²) in [4.78, 5) is 22.7. The summed E-state index contributed by atoms with van der Waals surface area (Å²) < 4.78 is 2.53. The van der Waals surface area contributed by atoms with E-state index in [1.807, 2.05) is 4.90 Å². The summed E-state index contributed by atoms with van der Waals surface area (Å²) in [5.74, 6) is 1.15. The Bertz CT molecular complexity index is 1290. The number of urea groups is 1. The number of amides is 2. The van der Waals surface area contributed by atoms with Crippen molar-refractivity contribution >= 4 is 17.1 Å². The molecule has 2 aromatic carbocycles. The fourth-order valence-corrected chi connectivity index (χ4v) is 7.80. The van der Waals surface area contributed by atoms with Gasteiger partial charge >= 0.3 is 6.03 Å². The zero-order valence-corrected chi connectivity index (χ0v) is 24.2. The van der Waals surface area contributed by atoms with Gasteiger partial charge in [-0.1, -0.05) is 42.5 Å². The summed E-state index contributed by atoms with van der Waals surface area (Å²) in [6, 6.07) is 21.7. The van der Waals surface area contributed by atoms with E-state index < -0.39 is 0 Å². The van der Waals surface area contributed by atoms with Crippen LogP contribution >= 0.6 is 0 Å². The molecule has 6 nitrogen and oxygen atoms in total. The Kier molecular flexibility index (Phi) is 6.95. The van der Waals surface area contributed by atoms with Crippen LogP contribution in [0.15, 0.2) is 54.6 Å². The van der Waals surface area contributed by atoms with Gasteiger partial charge in [-0.05, 0) is 102 Å². The van der Waals surface area contributed by atoms with E-state index in [0.29, 0.717) is 18.1 Å². The van der Waals surface area contributed by atoms with Crippen molar-refractivity contribution < 1.29 is 4.79 Å². The quantitative estimate of drug-likeness (QED) is 0.415. The largest absolute Gasteiger partial charge is 0.333 e. The van der Waals surface area contributed by atoms with Crippen molar-refractivity contribution in [2.75, 3.05) is 19.6 Å². The van der Waals surface area contributed by atoms with Gasteiger partial charge in [-0.2, -0.15) is 0 Å². The predicted octanol–water partition coefficient (Wildman–Crippen LogP) is 6.44. The fourth-order valence-electron chi connectivity index (χ4n) is 7.80. The van der Waals surface area contributed by atoms with Crippen LogP contribution in [0.3, 0.4) is 0 Å². The number of aryl methyl sites for hydroxylation is 1. The third-order valence-corrected chi connectivity index (χ3v) is 9.72. The first-order valence-corrected chi connectivity index (χ1v) is 15.0. The third kappa shape index (κ3) is 5.20. The van der Waals surface area contributed by atoms with E-state index in [2.05, 4.69) is 97.1 Å². The summed E-state index contributed by atoms with van der Waals surface area (Å²) in [7, 11) is 0. The molecule has 39 heavy (non-hydrogen) atoms. The summed E-state index contributed by atoms with van der Waals surface area (Å²) >= 11 is 0. The van der Waals surface area contributed by atoms with Crippen molar-refractivity contribution in [1.82, 2.24) is 24.7 Å². The number of carbonyl (C=O) groups is 1. The Morgan fingerprint density at radius 3 is 2.26 bits per heavy atom. The molecule has 3 saturated heterocycles. The number of piperidine rings is 2. The number of hydrogen-bond acceptors (Lipinski definition) is 3. The van der Waals surface area contributed by atoms with Gasteiger partial charge in [0.25, 0.3) is 0 Å². The second kappa shape index (κ2) is 10.3. The van der Waals surface area contributed by atoms with E-state index in [1.165, 1.54) is 36.8 Å². The van der Waals surface area contributed by atoms with Crippen molar-refractivity contribution in [3.63, 3.8) is 0 Å². The molecule has 0 saturated carbocycles. The van der Waals surface area contributed by atoms with Crippen LogP contribution in [-0.2, 0) is 5.41 Å². The molecule has 2 bridgehead atoms. The van der Waals surface area contributed by atoms with E-state index in [-0.39, 0.29) is 17.0 Å². The Morgan fingerprint density at radius 1 is 0.949 bits per heavy atom. The van der Waals surface area contributed by atoms with Gasteiger partial charge in [0.1, 0.15) is 5.82 Å². The van der Waals surface area contributed by atoms with Gasteiger partial charge in [0.2, 0.25) is 0 Å². The average Bonchev–Trinajstić information content (AvgIpc) is 3.37. The highest BCUT2D eigenvalue weighted by Crippen LogP contribution is 2.45.